The van der Waals surface area contributed by atoms with Gasteiger partial charge in [0.25, 0.3) is 5.56 Å². The highest BCUT2D eigenvalue weighted by atomic mass is 16.1. The van der Waals surface area contributed by atoms with Gasteiger partial charge in [-0.05, 0) is 31.2 Å². The predicted octanol–water partition coefficient (Wildman–Crippen LogP) is 3.51. The summed E-state index contributed by atoms with van der Waals surface area (Å²) in [5.41, 5.74) is 4.11. The van der Waals surface area contributed by atoms with Gasteiger partial charge < -0.3 is 0 Å². The number of aromatic nitrogens is 2. The molecular weight excluding hydrogens is 310 g/mol. The minimum Gasteiger partial charge on any atom is -0.295 e. The van der Waals surface area contributed by atoms with Crippen LogP contribution < -0.4 is 5.56 Å². The van der Waals surface area contributed by atoms with Crippen LogP contribution in [0.4, 0.5) is 0 Å². The molecule has 0 bridgehead atoms. The van der Waals surface area contributed by atoms with Crippen molar-refractivity contribution in [3.8, 4) is 5.69 Å². The molecule has 0 unspecified atom stereocenters. The summed E-state index contributed by atoms with van der Waals surface area (Å²) in [5, 5.41) is 0. The Bertz CT molecular complexity index is 879. The lowest BCUT2D eigenvalue weighted by atomic mass is 10.2. The molecule has 0 aliphatic carbocycles. The number of rotatable bonds is 6. The average Bonchev–Trinajstić information content (AvgIpc) is 2.86. The van der Waals surface area contributed by atoms with E-state index in [0.29, 0.717) is 6.54 Å². The van der Waals surface area contributed by atoms with Gasteiger partial charge in [0.1, 0.15) is 0 Å². The molecular formula is C21H25N3O. The zero-order chi connectivity index (χ0) is 17.8. The number of benzene rings is 2. The van der Waals surface area contributed by atoms with Crippen molar-refractivity contribution in [3.63, 3.8) is 0 Å². The first-order valence-corrected chi connectivity index (χ1v) is 8.71. The van der Waals surface area contributed by atoms with Gasteiger partial charge in [0.2, 0.25) is 0 Å². The summed E-state index contributed by atoms with van der Waals surface area (Å²) >= 11 is 0. The highest BCUT2D eigenvalue weighted by Gasteiger charge is 2.18. The normalized spacial score (nSPS) is 11.2. The third kappa shape index (κ3) is 3.59. The third-order valence-electron chi connectivity index (χ3n) is 4.75. The van der Waals surface area contributed by atoms with Gasteiger partial charge >= 0.3 is 0 Å². The van der Waals surface area contributed by atoms with Crippen molar-refractivity contribution < 1.29 is 0 Å². The van der Waals surface area contributed by atoms with E-state index in [1.165, 1.54) is 5.56 Å². The molecule has 0 aliphatic rings. The van der Waals surface area contributed by atoms with Crippen LogP contribution in [0, 0.1) is 6.92 Å². The van der Waals surface area contributed by atoms with Crippen molar-refractivity contribution in [1.29, 1.82) is 0 Å². The zero-order valence-electron chi connectivity index (χ0n) is 15.1. The first-order valence-electron chi connectivity index (χ1n) is 8.71. The van der Waals surface area contributed by atoms with Crippen molar-refractivity contribution in [2.24, 2.45) is 7.05 Å². The quantitative estimate of drug-likeness (QED) is 0.690. The number of nitrogens with zero attached hydrogens (tertiary/aromatic N) is 3. The first kappa shape index (κ1) is 17.2. The van der Waals surface area contributed by atoms with E-state index in [1.807, 2.05) is 55.1 Å². The lowest BCUT2D eigenvalue weighted by Crippen LogP contribution is -2.27. The summed E-state index contributed by atoms with van der Waals surface area (Å²) in [5.74, 6) is 0. The molecule has 0 saturated carbocycles. The maximum absolute atomic E-state index is 13.0. The molecule has 0 atom stereocenters. The van der Waals surface area contributed by atoms with Crippen LogP contribution in [0.25, 0.3) is 5.69 Å². The summed E-state index contributed by atoms with van der Waals surface area (Å²) in [4.78, 5) is 15.3. The Balaban J connectivity index is 1.91. The van der Waals surface area contributed by atoms with Crippen molar-refractivity contribution in [2.75, 3.05) is 6.54 Å². The van der Waals surface area contributed by atoms with E-state index in [2.05, 4.69) is 36.1 Å². The molecule has 3 aromatic rings. The lowest BCUT2D eigenvalue weighted by Gasteiger charge is -2.19. The fourth-order valence-corrected chi connectivity index (χ4v) is 3.15. The van der Waals surface area contributed by atoms with Crippen molar-refractivity contribution >= 4 is 0 Å². The average molecular weight is 335 g/mol. The smallest absolute Gasteiger partial charge is 0.276 e. The monoisotopic (exact) mass is 335 g/mol. The highest BCUT2D eigenvalue weighted by Crippen LogP contribution is 2.13. The SMILES string of the molecule is CCN(Cc1ccccc1)Cc1c(C)n(C)n(-c2ccccc2)c1=O. The Morgan fingerprint density at radius 2 is 1.52 bits per heavy atom. The molecule has 130 valence electrons. The summed E-state index contributed by atoms with van der Waals surface area (Å²) in [6, 6.07) is 20.2. The molecule has 0 fully saturated rings. The molecule has 25 heavy (non-hydrogen) atoms. The van der Waals surface area contributed by atoms with Gasteiger partial charge in [-0.1, -0.05) is 55.5 Å². The maximum atomic E-state index is 13.0. The van der Waals surface area contributed by atoms with Crippen LogP contribution in [0.2, 0.25) is 0 Å². The molecule has 2 aromatic carbocycles. The van der Waals surface area contributed by atoms with Crippen molar-refractivity contribution in [3.05, 3.63) is 87.8 Å². The number of para-hydroxylation sites is 1. The summed E-state index contributed by atoms with van der Waals surface area (Å²) in [7, 11) is 1.95. The number of hydrogen-bond acceptors (Lipinski definition) is 2. The van der Waals surface area contributed by atoms with Crippen LogP contribution in [0.3, 0.4) is 0 Å². The standard InChI is InChI=1S/C21H25N3O/c1-4-23(15-18-11-7-5-8-12-18)16-20-17(2)22(3)24(21(20)25)19-13-9-6-10-14-19/h5-14H,4,15-16H2,1-3H3. The van der Waals surface area contributed by atoms with Gasteiger partial charge in [-0.25, -0.2) is 4.68 Å². The summed E-state index contributed by atoms with van der Waals surface area (Å²) < 4.78 is 3.70. The largest absolute Gasteiger partial charge is 0.295 e. The van der Waals surface area contributed by atoms with Crippen molar-refractivity contribution in [1.82, 2.24) is 14.3 Å². The second-order valence-corrected chi connectivity index (χ2v) is 6.33. The molecule has 4 nitrogen and oxygen atoms in total. The maximum Gasteiger partial charge on any atom is 0.276 e. The third-order valence-corrected chi connectivity index (χ3v) is 4.75. The van der Waals surface area contributed by atoms with Gasteiger partial charge in [-0.3, -0.25) is 14.4 Å². The minimum atomic E-state index is 0.0673. The second-order valence-electron chi connectivity index (χ2n) is 6.33. The molecule has 4 heteroatoms. The minimum absolute atomic E-state index is 0.0673. The van der Waals surface area contributed by atoms with Gasteiger partial charge in [-0.2, -0.15) is 0 Å². The van der Waals surface area contributed by atoms with Crippen molar-refractivity contribution in [2.45, 2.75) is 26.9 Å². The van der Waals surface area contributed by atoms with Crippen LogP contribution in [0.15, 0.2) is 65.5 Å². The van der Waals surface area contributed by atoms with Gasteiger partial charge in [0.05, 0.1) is 11.3 Å². The Morgan fingerprint density at radius 3 is 2.12 bits per heavy atom. The summed E-state index contributed by atoms with van der Waals surface area (Å²) in [6.45, 7) is 6.55. The highest BCUT2D eigenvalue weighted by molar-refractivity contribution is 5.33. The molecule has 0 spiro atoms. The lowest BCUT2D eigenvalue weighted by molar-refractivity contribution is 0.270. The zero-order valence-corrected chi connectivity index (χ0v) is 15.1. The van der Waals surface area contributed by atoms with E-state index >= 15 is 0 Å². The first-order chi connectivity index (χ1) is 12.1. The van der Waals surface area contributed by atoms with E-state index < -0.39 is 0 Å². The topological polar surface area (TPSA) is 30.2 Å². The Kier molecular flexibility index (Phi) is 5.19. The Hall–Kier alpha value is -2.59. The van der Waals surface area contributed by atoms with E-state index in [0.717, 1.165) is 30.0 Å². The van der Waals surface area contributed by atoms with E-state index in [1.54, 1.807) is 4.68 Å². The van der Waals surface area contributed by atoms with Crippen LogP contribution >= 0.6 is 0 Å². The second kappa shape index (κ2) is 7.53. The van der Waals surface area contributed by atoms with Crippen LogP contribution in [-0.2, 0) is 20.1 Å². The molecule has 0 saturated heterocycles. The van der Waals surface area contributed by atoms with Gasteiger partial charge in [-0.15, -0.1) is 0 Å². The van der Waals surface area contributed by atoms with Crippen LogP contribution in [0.1, 0.15) is 23.7 Å². The summed E-state index contributed by atoms with van der Waals surface area (Å²) in [6.07, 6.45) is 0. The molecule has 1 aromatic heterocycles. The van der Waals surface area contributed by atoms with Crippen LogP contribution in [-0.4, -0.2) is 20.8 Å². The molecule has 0 aliphatic heterocycles. The van der Waals surface area contributed by atoms with Gasteiger partial charge in [0.15, 0.2) is 0 Å². The Labute approximate surface area is 148 Å². The van der Waals surface area contributed by atoms with E-state index in [9.17, 15) is 4.79 Å². The molecule has 0 amide bonds. The van der Waals surface area contributed by atoms with E-state index in [-0.39, 0.29) is 5.56 Å². The fraction of sp³-hybridized carbons (Fsp3) is 0.286. The molecule has 0 N–H and O–H groups in total. The Morgan fingerprint density at radius 1 is 0.920 bits per heavy atom. The van der Waals surface area contributed by atoms with Gasteiger partial charge in [0, 0.05) is 25.8 Å². The molecule has 3 rings (SSSR count). The molecule has 1 heterocycles. The number of hydrogen-bond donors (Lipinski definition) is 0. The predicted molar refractivity (Wildman–Crippen MR) is 102 cm³/mol. The fourth-order valence-electron chi connectivity index (χ4n) is 3.15. The molecule has 0 radical (unpaired) electrons. The van der Waals surface area contributed by atoms with Crippen LogP contribution in [0.5, 0.6) is 0 Å². The van der Waals surface area contributed by atoms with E-state index in [4.69, 9.17) is 0 Å².